The van der Waals surface area contributed by atoms with Crippen molar-refractivity contribution in [1.82, 2.24) is 10.4 Å². The number of nitro groups is 1. The lowest BCUT2D eigenvalue weighted by atomic mass is 10.1. The number of hydrogen-bond donors (Lipinski definition) is 2. The summed E-state index contributed by atoms with van der Waals surface area (Å²) in [7, 11) is 0. The highest BCUT2D eigenvalue weighted by Gasteiger charge is 2.34. The molecule has 1 atom stereocenters. The molecule has 0 spiro atoms. The van der Waals surface area contributed by atoms with Gasteiger partial charge in [-0.15, -0.1) is 0 Å². The highest BCUT2D eigenvalue weighted by Crippen LogP contribution is 2.28. The number of nitrogens with zero attached hydrogens (tertiary/aromatic N) is 2. The fourth-order valence-electron chi connectivity index (χ4n) is 1.62. The summed E-state index contributed by atoms with van der Waals surface area (Å²) in [5, 5.41) is 23.3. The molecule has 2 N–H and O–H groups in total. The summed E-state index contributed by atoms with van der Waals surface area (Å²) in [6.07, 6.45) is -0.853. The first-order valence-corrected chi connectivity index (χ1v) is 4.59. The molecule has 1 aliphatic rings. The maximum absolute atomic E-state index is 11.1. The molecule has 2 rings (SSSR count). The molecular weight excluding hydrogens is 214 g/mol. The van der Waals surface area contributed by atoms with Crippen LogP contribution in [0.1, 0.15) is 11.7 Å². The molecule has 7 heteroatoms. The van der Waals surface area contributed by atoms with Gasteiger partial charge in [-0.05, 0) is 6.07 Å². The number of hydroxylamine groups is 2. The quantitative estimate of drug-likeness (QED) is 0.430. The number of carbonyl (C=O) groups excluding carboxylic acids is 1. The molecular formula is C9H9N3O4. The molecule has 1 heterocycles. The number of nitro benzene ring substituents is 1. The fourth-order valence-corrected chi connectivity index (χ4v) is 1.62. The van der Waals surface area contributed by atoms with E-state index in [4.69, 9.17) is 0 Å². The van der Waals surface area contributed by atoms with Crippen LogP contribution in [0.2, 0.25) is 0 Å². The van der Waals surface area contributed by atoms with Gasteiger partial charge in [0.25, 0.3) is 11.6 Å². The molecule has 7 nitrogen and oxygen atoms in total. The Balaban J connectivity index is 2.41. The zero-order chi connectivity index (χ0) is 11.7. The summed E-state index contributed by atoms with van der Waals surface area (Å²) in [5.74, 6) is -0.511. The van der Waals surface area contributed by atoms with Crippen molar-refractivity contribution in [1.29, 1.82) is 0 Å². The molecule has 1 saturated heterocycles. The Kier molecular flexibility index (Phi) is 2.55. The van der Waals surface area contributed by atoms with Gasteiger partial charge in [-0.3, -0.25) is 25.4 Å². The van der Waals surface area contributed by atoms with Gasteiger partial charge in [0.15, 0.2) is 0 Å². The van der Waals surface area contributed by atoms with E-state index in [1.165, 1.54) is 18.2 Å². The minimum absolute atomic E-state index is 0.0345. The molecule has 0 aliphatic carbocycles. The number of hydrogen-bond acceptors (Lipinski definition) is 5. The van der Waals surface area contributed by atoms with Gasteiger partial charge in [0.1, 0.15) is 6.17 Å². The van der Waals surface area contributed by atoms with Crippen molar-refractivity contribution < 1.29 is 14.9 Å². The maximum Gasteiger partial charge on any atom is 0.276 e. The van der Waals surface area contributed by atoms with Crippen LogP contribution in [0, 0.1) is 10.1 Å². The lowest BCUT2D eigenvalue weighted by Crippen LogP contribution is -2.27. The molecule has 1 unspecified atom stereocenters. The van der Waals surface area contributed by atoms with E-state index in [0.29, 0.717) is 5.06 Å². The average Bonchev–Trinajstić information content (AvgIpc) is 2.60. The Morgan fingerprint density at radius 2 is 2.19 bits per heavy atom. The second-order valence-corrected chi connectivity index (χ2v) is 3.34. The molecule has 16 heavy (non-hydrogen) atoms. The number of benzene rings is 1. The van der Waals surface area contributed by atoms with E-state index < -0.39 is 17.0 Å². The van der Waals surface area contributed by atoms with Crippen LogP contribution in [0.5, 0.6) is 0 Å². The van der Waals surface area contributed by atoms with E-state index in [0.717, 1.165) is 0 Å². The SMILES string of the molecule is O=C1CNC(c2ccccc2[N+](=O)[O-])N1O. The predicted octanol–water partition coefficient (Wildman–Crippen LogP) is 0.414. The first-order chi connectivity index (χ1) is 7.61. The Morgan fingerprint density at radius 1 is 1.50 bits per heavy atom. The Bertz CT molecular complexity index is 448. The maximum atomic E-state index is 11.1. The first-order valence-electron chi connectivity index (χ1n) is 4.59. The number of amides is 1. The monoisotopic (exact) mass is 223 g/mol. The molecule has 0 saturated carbocycles. The lowest BCUT2D eigenvalue weighted by Gasteiger charge is -2.17. The van der Waals surface area contributed by atoms with Gasteiger partial charge in [0.2, 0.25) is 0 Å². The number of carbonyl (C=O) groups is 1. The molecule has 1 aromatic carbocycles. The Hall–Kier alpha value is -1.99. The highest BCUT2D eigenvalue weighted by atomic mass is 16.6. The third kappa shape index (κ3) is 1.62. The first kappa shape index (κ1) is 10.5. The van der Waals surface area contributed by atoms with Crippen LogP contribution in [0.15, 0.2) is 24.3 Å². The van der Waals surface area contributed by atoms with Gasteiger partial charge in [-0.25, -0.2) is 5.06 Å². The van der Waals surface area contributed by atoms with E-state index in [1.807, 2.05) is 0 Å². The van der Waals surface area contributed by atoms with Gasteiger partial charge < -0.3 is 0 Å². The van der Waals surface area contributed by atoms with Crippen molar-refractivity contribution >= 4 is 11.6 Å². The van der Waals surface area contributed by atoms with E-state index in [9.17, 15) is 20.1 Å². The number of para-hydroxylation sites is 1. The summed E-state index contributed by atoms with van der Waals surface area (Å²) in [5.41, 5.74) is 0.134. The Morgan fingerprint density at radius 3 is 2.75 bits per heavy atom. The molecule has 1 aromatic rings. The van der Waals surface area contributed by atoms with Crippen LogP contribution >= 0.6 is 0 Å². The Labute approximate surface area is 90.4 Å². The second kappa shape index (κ2) is 3.87. The third-order valence-corrected chi connectivity index (χ3v) is 2.37. The normalized spacial score (nSPS) is 20.2. The van der Waals surface area contributed by atoms with E-state index in [2.05, 4.69) is 5.32 Å². The summed E-state index contributed by atoms with van der Waals surface area (Å²) in [6, 6.07) is 5.96. The number of rotatable bonds is 2. The standard InChI is InChI=1S/C9H9N3O4/c13-8-5-10-9(11(8)14)6-3-1-2-4-7(6)12(15)16/h1-4,9-10,14H,5H2. The van der Waals surface area contributed by atoms with Gasteiger partial charge in [0.05, 0.1) is 17.0 Å². The summed E-state index contributed by atoms with van der Waals surface area (Å²) in [6.45, 7) is -0.0345. The molecule has 0 aromatic heterocycles. The topological polar surface area (TPSA) is 95.7 Å². The van der Waals surface area contributed by atoms with Crippen molar-refractivity contribution in [3.8, 4) is 0 Å². The predicted molar refractivity (Wildman–Crippen MR) is 52.5 cm³/mol. The zero-order valence-electron chi connectivity index (χ0n) is 8.16. The van der Waals surface area contributed by atoms with Crippen molar-refractivity contribution in [2.45, 2.75) is 6.17 Å². The smallest absolute Gasteiger partial charge is 0.276 e. The van der Waals surface area contributed by atoms with Crippen molar-refractivity contribution in [2.24, 2.45) is 0 Å². The van der Waals surface area contributed by atoms with Gasteiger partial charge in [-0.2, -0.15) is 0 Å². The van der Waals surface area contributed by atoms with Crippen LogP contribution in [0.25, 0.3) is 0 Å². The average molecular weight is 223 g/mol. The molecule has 1 aliphatic heterocycles. The molecule has 84 valence electrons. The van der Waals surface area contributed by atoms with E-state index >= 15 is 0 Å². The minimum atomic E-state index is -0.853. The summed E-state index contributed by atoms with van der Waals surface area (Å²) < 4.78 is 0. The van der Waals surface area contributed by atoms with Crippen LogP contribution in [0.3, 0.4) is 0 Å². The molecule has 0 bridgehead atoms. The van der Waals surface area contributed by atoms with Crippen LogP contribution in [-0.2, 0) is 4.79 Å². The van der Waals surface area contributed by atoms with E-state index in [1.54, 1.807) is 6.07 Å². The lowest BCUT2D eigenvalue weighted by molar-refractivity contribution is -0.386. The second-order valence-electron chi connectivity index (χ2n) is 3.34. The molecule has 1 fully saturated rings. The van der Waals surface area contributed by atoms with Crippen LogP contribution < -0.4 is 5.32 Å². The summed E-state index contributed by atoms with van der Waals surface area (Å²) in [4.78, 5) is 21.3. The van der Waals surface area contributed by atoms with Gasteiger partial charge in [0, 0.05) is 6.07 Å². The van der Waals surface area contributed by atoms with Crippen molar-refractivity contribution in [2.75, 3.05) is 6.54 Å². The van der Waals surface area contributed by atoms with Crippen LogP contribution in [-0.4, -0.2) is 27.6 Å². The fraction of sp³-hybridized carbons (Fsp3) is 0.222. The van der Waals surface area contributed by atoms with E-state index in [-0.39, 0.29) is 17.8 Å². The largest absolute Gasteiger partial charge is 0.284 e. The van der Waals surface area contributed by atoms with Gasteiger partial charge in [-0.1, -0.05) is 12.1 Å². The zero-order valence-corrected chi connectivity index (χ0v) is 8.16. The van der Waals surface area contributed by atoms with Crippen molar-refractivity contribution in [3.05, 3.63) is 39.9 Å². The highest BCUT2D eigenvalue weighted by molar-refractivity contribution is 5.79. The van der Waals surface area contributed by atoms with Crippen molar-refractivity contribution in [3.63, 3.8) is 0 Å². The minimum Gasteiger partial charge on any atom is -0.284 e. The van der Waals surface area contributed by atoms with Crippen LogP contribution in [0.4, 0.5) is 5.69 Å². The number of nitrogens with one attached hydrogen (secondary N) is 1. The summed E-state index contributed by atoms with van der Waals surface area (Å²) >= 11 is 0. The third-order valence-electron chi connectivity index (χ3n) is 2.37. The molecule has 1 amide bonds. The van der Waals surface area contributed by atoms with Gasteiger partial charge >= 0.3 is 0 Å². The molecule has 0 radical (unpaired) electrons.